The Labute approximate surface area is 374 Å². The minimum absolute atomic E-state index is 0.0296. The highest BCUT2D eigenvalue weighted by molar-refractivity contribution is 6.90. The number of halogens is 4. The highest BCUT2D eigenvalue weighted by Crippen LogP contribution is 2.48. The van der Waals surface area contributed by atoms with Crippen molar-refractivity contribution in [3.63, 3.8) is 0 Å². The van der Waals surface area contributed by atoms with Crippen molar-refractivity contribution >= 4 is 41.7 Å². The molecule has 5 heterocycles. The number of nitrogens with zero attached hydrogens (tertiary/aromatic N) is 5. The van der Waals surface area contributed by atoms with Crippen molar-refractivity contribution in [1.82, 2.24) is 19.8 Å². The number of phenolic OH excluding ortho intramolecular Hbond substituents is 1. The van der Waals surface area contributed by atoms with Gasteiger partial charge in [0.25, 0.3) is 0 Å². The number of aromatic hydroxyl groups is 1. The molecule has 2 bridgehead atoms. The number of hydrogen-bond donors (Lipinski definition) is 1. The van der Waals surface area contributed by atoms with Gasteiger partial charge < -0.3 is 24.2 Å². The van der Waals surface area contributed by atoms with Crippen molar-refractivity contribution in [3.05, 3.63) is 47.3 Å². The Morgan fingerprint density at radius 3 is 2.27 bits per heavy atom. The summed E-state index contributed by atoms with van der Waals surface area (Å²) in [6, 6.07) is 4.58. The number of anilines is 1. The molecule has 0 radical (unpaired) electrons. The minimum atomic E-state index is -2.42. The van der Waals surface area contributed by atoms with Crippen LogP contribution in [0.1, 0.15) is 100.0 Å². The summed E-state index contributed by atoms with van der Waals surface area (Å²) in [6.07, 6.45) is 1.79. The van der Waals surface area contributed by atoms with E-state index in [-0.39, 0.29) is 106 Å². The maximum Gasteiger partial charge on any atom is 0.410 e. The number of hydrogen-bond acceptors (Lipinski definition) is 9. The highest BCUT2D eigenvalue weighted by Gasteiger charge is 2.50. The van der Waals surface area contributed by atoms with E-state index in [4.69, 9.17) is 19.2 Å². The molecule has 1 N–H and O–H groups in total. The Kier molecular flexibility index (Phi) is 12.1. The van der Waals surface area contributed by atoms with Crippen LogP contribution in [0.5, 0.6) is 17.5 Å². The molecular weight excluding hydrogens is 843 g/mol. The molecule has 1 aromatic heterocycles. The summed E-state index contributed by atoms with van der Waals surface area (Å²) < 4.78 is 84.7. The molecule has 4 saturated heterocycles. The van der Waals surface area contributed by atoms with Gasteiger partial charge in [-0.2, -0.15) is 9.97 Å². The monoisotopic (exact) mass is 903 g/mol. The lowest BCUT2D eigenvalue weighted by Gasteiger charge is -2.42. The van der Waals surface area contributed by atoms with E-state index in [1.165, 1.54) is 31.4 Å². The van der Waals surface area contributed by atoms with Crippen LogP contribution in [0.3, 0.4) is 0 Å². The van der Waals surface area contributed by atoms with Crippen LogP contribution in [0.25, 0.3) is 32.8 Å². The van der Waals surface area contributed by atoms with E-state index in [0.717, 1.165) is 13.0 Å². The van der Waals surface area contributed by atoms with E-state index < -0.39 is 54.5 Å². The van der Waals surface area contributed by atoms with E-state index >= 15 is 13.2 Å². The third kappa shape index (κ3) is 7.79. The number of carbonyl (C=O) groups is 1. The highest BCUT2D eigenvalue weighted by atomic mass is 28.3. The van der Waals surface area contributed by atoms with E-state index in [2.05, 4.69) is 62.9 Å². The molecule has 0 aliphatic carbocycles. The third-order valence-electron chi connectivity index (χ3n) is 14.4. The summed E-state index contributed by atoms with van der Waals surface area (Å²) in [7, 11) is -1.15. The maximum atomic E-state index is 17.9. The average molecular weight is 904 g/mol. The second kappa shape index (κ2) is 16.9. The second-order valence-electron chi connectivity index (χ2n) is 20.3. The molecule has 10 nitrogen and oxygen atoms in total. The van der Waals surface area contributed by atoms with Crippen molar-refractivity contribution in [2.24, 2.45) is 0 Å². The van der Waals surface area contributed by atoms with Crippen molar-refractivity contribution < 1.29 is 41.7 Å². The number of phenols is 1. The molecule has 64 heavy (non-hydrogen) atoms. The number of ether oxygens (including phenoxy) is 3. The zero-order valence-electron chi connectivity index (χ0n) is 38.7. The maximum absolute atomic E-state index is 17.9. The standard InChI is InChI=1S/C49H61F4N5O5Si/c1-27(2)64(28(3)4,29(5)6)19-16-35-37(51)15-12-30-20-34(59)21-36(38(30)35)39-41(52)43-40(44(61-10)42(39)53)45(55-46(54-43)62-26-49-17-11-18-57(49)23-31(50)22-49)56-24-32-13-14-33(25-56)58(32)47(60)63-48(7,8)9/h12,15,20-21,27-29,31-33,59H,11,13-14,17-18,22-26H2,1-10H3/t31-,32?,33?,49+/m1/s1. The predicted octanol–water partition coefficient (Wildman–Crippen LogP) is 10.7. The van der Waals surface area contributed by atoms with Crippen molar-refractivity contribution in [1.29, 1.82) is 0 Å². The van der Waals surface area contributed by atoms with Gasteiger partial charge in [0.1, 0.15) is 49.4 Å². The molecule has 2 unspecified atom stereocenters. The number of amides is 1. The molecule has 4 aromatic rings. The number of fused-ring (bicyclic) bond motifs is 5. The summed E-state index contributed by atoms with van der Waals surface area (Å²) in [5, 5.41) is 11.5. The van der Waals surface area contributed by atoms with Crippen LogP contribution >= 0.6 is 0 Å². The van der Waals surface area contributed by atoms with Crippen LogP contribution in [0.2, 0.25) is 16.6 Å². The van der Waals surface area contributed by atoms with Gasteiger partial charge in [-0.05, 0) is 93.2 Å². The Balaban J connectivity index is 1.33. The lowest BCUT2D eigenvalue weighted by molar-refractivity contribution is 0.0122. The molecule has 0 spiro atoms. The number of piperazine rings is 1. The van der Waals surface area contributed by atoms with Gasteiger partial charge in [0.05, 0.1) is 41.2 Å². The number of benzene rings is 3. The first-order chi connectivity index (χ1) is 30.2. The SMILES string of the molecule is COc1c(F)c(-c2cc(O)cc3ccc(F)c(C#C[Si](C(C)C)(C(C)C)C(C)C)c23)c(F)c2nc(OC[C@@]34CCCN3C[C@H](F)C4)nc(N3CC4CCC(C3)N4C(=O)OC(C)(C)C)c12. The summed E-state index contributed by atoms with van der Waals surface area (Å²) in [4.78, 5) is 28.6. The molecule has 4 aliphatic rings. The fourth-order valence-electron chi connectivity index (χ4n) is 11.6. The van der Waals surface area contributed by atoms with Crippen LogP contribution in [-0.4, -0.2) is 108 Å². The van der Waals surface area contributed by atoms with Gasteiger partial charge in [-0.25, -0.2) is 22.4 Å². The first-order valence-corrected chi connectivity index (χ1v) is 25.0. The summed E-state index contributed by atoms with van der Waals surface area (Å²) in [6.45, 7) is 19.9. The lowest BCUT2D eigenvalue weighted by Crippen LogP contribution is -2.57. The van der Waals surface area contributed by atoms with Gasteiger partial charge in [0.2, 0.25) is 0 Å². The first-order valence-electron chi connectivity index (χ1n) is 22.7. The zero-order valence-corrected chi connectivity index (χ0v) is 39.7. The molecule has 3 aromatic carbocycles. The normalized spacial score (nSPS) is 22.5. The molecule has 4 atom stereocenters. The number of alkyl halides is 1. The molecular formula is C49H61F4N5O5Si. The summed E-state index contributed by atoms with van der Waals surface area (Å²) >= 11 is 0. The molecule has 4 fully saturated rings. The van der Waals surface area contributed by atoms with Crippen molar-refractivity contribution in [2.75, 3.05) is 44.8 Å². The van der Waals surface area contributed by atoms with Crippen LogP contribution in [0.4, 0.5) is 28.2 Å². The summed E-state index contributed by atoms with van der Waals surface area (Å²) in [5.41, 5.74) is 1.88. The molecule has 4 aliphatic heterocycles. The van der Waals surface area contributed by atoms with Crippen LogP contribution in [0, 0.1) is 28.9 Å². The predicted molar refractivity (Wildman–Crippen MR) is 244 cm³/mol. The molecule has 1 amide bonds. The Morgan fingerprint density at radius 2 is 1.64 bits per heavy atom. The topological polar surface area (TPSA) is 100 Å². The fourth-order valence-corrected chi connectivity index (χ4v) is 16.8. The number of methoxy groups -OCH3 is 1. The fraction of sp³-hybridized carbons (Fsp3) is 0.571. The van der Waals surface area contributed by atoms with Crippen molar-refractivity contribution in [3.8, 4) is 40.1 Å². The largest absolute Gasteiger partial charge is 0.508 e. The van der Waals surface area contributed by atoms with Crippen LogP contribution < -0.4 is 14.4 Å². The third-order valence-corrected chi connectivity index (χ3v) is 20.6. The van der Waals surface area contributed by atoms with Crippen LogP contribution in [-0.2, 0) is 4.74 Å². The van der Waals surface area contributed by atoms with Gasteiger partial charge in [0, 0.05) is 37.0 Å². The average Bonchev–Trinajstić information content (AvgIpc) is 3.83. The quantitative estimate of drug-likeness (QED) is 0.1000. The Bertz CT molecular complexity index is 2520. The Morgan fingerprint density at radius 1 is 0.969 bits per heavy atom. The van der Waals surface area contributed by atoms with Gasteiger partial charge in [-0.3, -0.25) is 9.80 Å². The molecule has 0 saturated carbocycles. The van der Waals surface area contributed by atoms with Gasteiger partial charge in [0.15, 0.2) is 17.4 Å². The second-order valence-corrected chi connectivity index (χ2v) is 25.9. The minimum Gasteiger partial charge on any atom is -0.508 e. The molecule has 15 heteroatoms. The van der Waals surface area contributed by atoms with Gasteiger partial charge >= 0.3 is 12.1 Å². The van der Waals surface area contributed by atoms with E-state index in [9.17, 15) is 14.3 Å². The zero-order chi connectivity index (χ0) is 46.2. The van der Waals surface area contributed by atoms with Crippen molar-refractivity contribution in [2.45, 2.75) is 140 Å². The summed E-state index contributed by atoms with van der Waals surface area (Å²) in [5.74, 6) is -0.188. The Hall–Kier alpha value is -4.81. The van der Waals surface area contributed by atoms with Gasteiger partial charge in [-0.15, -0.1) is 5.54 Å². The first kappa shape index (κ1) is 45.7. The van der Waals surface area contributed by atoms with E-state index in [1.807, 2.05) is 25.7 Å². The number of rotatable bonds is 9. The van der Waals surface area contributed by atoms with Crippen LogP contribution in [0.15, 0.2) is 24.3 Å². The van der Waals surface area contributed by atoms with Gasteiger partial charge in [-0.1, -0.05) is 53.5 Å². The lowest BCUT2D eigenvalue weighted by atomic mass is 9.92. The number of aromatic nitrogens is 2. The number of carbonyl (C=O) groups excluding carboxylic acids is 1. The molecule has 344 valence electrons. The molecule has 8 rings (SSSR count). The van der Waals surface area contributed by atoms with E-state index in [0.29, 0.717) is 31.2 Å². The smallest absolute Gasteiger partial charge is 0.410 e. The van der Waals surface area contributed by atoms with E-state index in [1.54, 1.807) is 4.90 Å².